The summed E-state index contributed by atoms with van der Waals surface area (Å²) in [4.78, 5) is 4.77. The summed E-state index contributed by atoms with van der Waals surface area (Å²) in [6.45, 7) is 6.08. The van der Waals surface area contributed by atoms with Crippen LogP contribution in [0.25, 0.3) is 0 Å². The number of aliphatic imine (C=N–C) groups is 1. The number of hydrogen-bond acceptors (Lipinski definition) is 2. The maximum atomic E-state index is 5.35. The molecule has 4 nitrogen and oxygen atoms in total. The fraction of sp³-hybridized carbons (Fsp3) is 0.706. The predicted molar refractivity (Wildman–Crippen MR) is 87.6 cm³/mol. The average molecular weight is 291 g/mol. The highest BCUT2D eigenvalue weighted by molar-refractivity contribution is 5.80. The van der Waals surface area contributed by atoms with Gasteiger partial charge < -0.3 is 15.1 Å². The fourth-order valence-electron chi connectivity index (χ4n) is 2.78. The molecule has 1 saturated carbocycles. The molecule has 0 amide bonds. The number of nitrogens with zero attached hydrogens (tertiary/aromatic N) is 1. The largest absolute Gasteiger partial charge is 0.469 e. The van der Waals surface area contributed by atoms with Crippen LogP contribution in [0.4, 0.5) is 0 Å². The van der Waals surface area contributed by atoms with E-state index in [-0.39, 0.29) is 0 Å². The molecular weight excluding hydrogens is 262 g/mol. The topological polar surface area (TPSA) is 49.6 Å². The Balaban J connectivity index is 1.78. The van der Waals surface area contributed by atoms with Gasteiger partial charge in [0.05, 0.1) is 6.26 Å². The van der Waals surface area contributed by atoms with E-state index in [0.29, 0.717) is 6.04 Å². The molecule has 0 bridgehead atoms. The van der Waals surface area contributed by atoms with E-state index in [4.69, 9.17) is 9.41 Å². The van der Waals surface area contributed by atoms with Gasteiger partial charge in [0.1, 0.15) is 5.76 Å². The number of rotatable bonds is 6. The summed E-state index contributed by atoms with van der Waals surface area (Å²) in [5.74, 6) is 2.72. The molecular formula is C17H29N3O. The summed E-state index contributed by atoms with van der Waals surface area (Å²) in [7, 11) is 0. The maximum Gasteiger partial charge on any atom is 0.191 e. The molecule has 1 aromatic heterocycles. The number of furan rings is 1. The van der Waals surface area contributed by atoms with E-state index in [9.17, 15) is 0 Å². The molecule has 0 radical (unpaired) electrons. The molecule has 2 N–H and O–H groups in total. The lowest BCUT2D eigenvalue weighted by Gasteiger charge is -2.21. The van der Waals surface area contributed by atoms with Crippen molar-refractivity contribution in [3.63, 3.8) is 0 Å². The van der Waals surface area contributed by atoms with Crippen molar-refractivity contribution in [1.82, 2.24) is 10.6 Å². The molecule has 1 fully saturated rings. The quantitative estimate of drug-likeness (QED) is 0.624. The van der Waals surface area contributed by atoms with Gasteiger partial charge in [-0.05, 0) is 44.7 Å². The molecule has 1 aromatic rings. The summed E-state index contributed by atoms with van der Waals surface area (Å²) in [5.41, 5.74) is 0. The van der Waals surface area contributed by atoms with E-state index in [0.717, 1.165) is 37.1 Å². The van der Waals surface area contributed by atoms with E-state index >= 15 is 0 Å². The van der Waals surface area contributed by atoms with Gasteiger partial charge in [-0.15, -0.1) is 0 Å². The monoisotopic (exact) mass is 291 g/mol. The van der Waals surface area contributed by atoms with Crippen molar-refractivity contribution in [2.45, 2.75) is 58.4 Å². The number of guanidine groups is 1. The van der Waals surface area contributed by atoms with Gasteiger partial charge in [-0.2, -0.15) is 0 Å². The first kappa shape index (κ1) is 15.9. The van der Waals surface area contributed by atoms with Gasteiger partial charge in [-0.1, -0.05) is 19.3 Å². The third-order valence-corrected chi connectivity index (χ3v) is 3.90. The molecule has 1 aliphatic carbocycles. The lowest BCUT2D eigenvalue weighted by Crippen LogP contribution is -2.42. The van der Waals surface area contributed by atoms with Gasteiger partial charge in [0, 0.05) is 25.6 Å². The van der Waals surface area contributed by atoms with Gasteiger partial charge >= 0.3 is 0 Å². The fourth-order valence-corrected chi connectivity index (χ4v) is 2.78. The lowest BCUT2D eigenvalue weighted by atomic mass is 9.89. The van der Waals surface area contributed by atoms with Gasteiger partial charge in [0.25, 0.3) is 0 Å². The van der Waals surface area contributed by atoms with Crippen LogP contribution in [-0.2, 0) is 6.42 Å². The van der Waals surface area contributed by atoms with E-state index < -0.39 is 0 Å². The summed E-state index contributed by atoms with van der Waals surface area (Å²) in [6, 6.07) is 4.34. The first-order valence-corrected chi connectivity index (χ1v) is 8.31. The molecule has 0 saturated heterocycles. The second-order valence-electron chi connectivity index (χ2n) is 6.25. The minimum absolute atomic E-state index is 0.395. The Morgan fingerprint density at radius 1 is 1.33 bits per heavy atom. The Labute approximate surface area is 128 Å². The predicted octanol–water partition coefficient (Wildman–Crippen LogP) is 3.35. The minimum Gasteiger partial charge on any atom is -0.469 e. The zero-order valence-electron chi connectivity index (χ0n) is 13.4. The van der Waals surface area contributed by atoms with Gasteiger partial charge in [0.15, 0.2) is 5.96 Å². The summed E-state index contributed by atoms with van der Waals surface area (Å²) < 4.78 is 5.35. The van der Waals surface area contributed by atoms with Crippen LogP contribution < -0.4 is 10.6 Å². The van der Waals surface area contributed by atoms with Crippen molar-refractivity contribution in [3.8, 4) is 0 Å². The van der Waals surface area contributed by atoms with Crippen molar-refractivity contribution in [2.75, 3.05) is 13.1 Å². The average Bonchev–Trinajstić information content (AvgIpc) is 2.98. The van der Waals surface area contributed by atoms with Gasteiger partial charge in [-0.25, -0.2) is 0 Å². The minimum atomic E-state index is 0.395. The highest BCUT2D eigenvalue weighted by Gasteiger charge is 2.13. The smallest absolute Gasteiger partial charge is 0.191 e. The Morgan fingerprint density at radius 2 is 2.14 bits per heavy atom. The maximum absolute atomic E-state index is 5.35. The number of nitrogens with one attached hydrogen (secondary N) is 2. The molecule has 0 atom stereocenters. The second-order valence-corrected chi connectivity index (χ2v) is 6.25. The van der Waals surface area contributed by atoms with Crippen LogP contribution >= 0.6 is 0 Å². The molecule has 0 spiro atoms. The normalized spacial score (nSPS) is 17.2. The number of hydrogen-bond donors (Lipinski definition) is 2. The van der Waals surface area contributed by atoms with E-state index in [1.807, 2.05) is 12.1 Å². The first-order chi connectivity index (χ1) is 10.2. The molecule has 0 aliphatic heterocycles. The highest BCUT2D eigenvalue weighted by Crippen LogP contribution is 2.23. The van der Waals surface area contributed by atoms with Crippen LogP contribution in [0.15, 0.2) is 27.8 Å². The molecule has 2 rings (SSSR count). The Morgan fingerprint density at radius 3 is 2.81 bits per heavy atom. The summed E-state index contributed by atoms with van der Waals surface area (Å²) >= 11 is 0. The van der Waals surface area contributed by atoms with Crippen LogP contribution in [0.5, 0.6) is 0 Å². The highest BCUT2D eigenvalue weighted by atomic mass is 16.3. The van der Waals surface area contributed by atoms with Crippen molar-refractivity contribution in [1.29, 1.82) is 0 Å². The molecule has 0 unspecified atom stereocenters. The molecule has 4 heteroatoms. The second kappa shape index (κ2) is 8.75. The van der Waals surface area contributed by atoms with Crippen LogP contribution in [0.2, 0.25) is 0 Å². The molecule has 21 heavy (non-hydrogen) atoms. The van der Waals surface area contributed by atoms with Crippen molar-refractivity contribution in [3.05, 3.63) is 24.2 Å². The molecule has 1 heterocycles. The van der Waals surface area contributed by atoms with E-state index in [1.54, 1.807) is 6.26 Å². The summed E-state index contributed by atoms with van der Waals surface area (Å²) in [6.07, 6.45) is 9.43. The zero-order valence-corrected chi connectivity index (χ0v) is 13.4. The third-order valence-electron chi connectivity index (χ3n) is 3.90. The molecule has 0 aromatic carbocycles. The first-order valence-electron chi connectivity index (χ1n) is 8.31. The van der Waals surface area contributed by atoms with Crippen LogP contribution in [0, 0.1) is 5.92 Å². The SMILES string of the molecule is CC(C)NC(=NCC1CCCCC1)NCCc1ccco1. The standard InChI is InChI=1S/C17H29N3O/c1-14(2)20-17(18-11-10-16-9-6-12-21-16)19-13-15-7-4-3-5-8-15/h6,9,12,14-15H,3-5,7-8,10-11,13H2,1-2H3,(H2,18,19,20). The Hall–Kier alpha value is -1.45. The lowest BCUT2D eigenvalue weighted by molar-refractivity contribution is 0.366. The molecule has 1 aliphatic rings. The Kier molecular flexibility index (Phi) is 6.64. The van der Waals surface area contributed by atoms with Crippen molar-refractivity contribution >= 4 is 5.96 Å². The van der Waals surface area contributed by atoms with Crippen molar-refractivity contribution in [2.24, 2.45) is 10.9 Å². The zero-order chi connectivity index (χ0) is 14.9. The van der Waals surface area contributed by atoms with Gasteiger partial charge in [-0.3, -0.25) is 4.99 Å². The van der Waals surface area contributed by atoms with Crippen molar-refractivity contribution < 1.29 is 4.42 Å². The van der Waals surface area contributed by atoms with Crippen LogP contribution in [-0.4, -0.2) is 25.1 Å². The van der Waals surface area contributed by atoms with E-state index in [1.165, 1.54) is 32.1 Å². The Bertz CT molecular complexity index is 406. The third kappa shape index (κ3) is 6.23. The van der Waals surface area contributed by atoms with Crippen LogP contribution in [0.3, 0.4) is 0 Å². The van der Waals surface area contributed by atoms with E-state index in [2.05, 4.69) is 24.5 Å². The molecule has 118 valence electrons. The van der Waals surface area contributed by atoms with Crippen LogP contribution in [0.1, 0.15) is 51.7 Å². The van der Waals surface area contributed by atoms with Gasteiger partial charge in [0.2, 0.25) is 0 Å². The summed E-state index contributed by atoms with van der Waals surface area (Å²) in [5, 5.41) is 6.82.